The van der Waals surface area contributed by atoms with Crippen molar-refractivity contribution in [2.75, 3.05) is 10.6 Å². The molecule has 2 N–H and O–H groups in total. The Kier molecular flexibility index (Phi) is 6.06. The van der Waals surface area contributed by atoms with Gasteiger partial charge in [-0.2, -0.15) is 5.10 Å². The van der Waals surface area contributed by atoms with E-state index in [1.54, 1.807) is 25.2 Å². The predicted octanol–water partition coefficient (Wildman–Crippen LogP) is 5.83. The number of carbonyl (C=O) groups excluding carboxylic acids is 2. The van der Waals surface area contributed by atoms with Crippen molar-refractivity contribution < 1.29 is 9.59 Å². The molecule has 0 bridgehead atoms. The highest BCUT2D eigenvalue weighted by Crippen LogP contribution is 2.39. The van der Waals surface area contributed by atoms with E-state index >= 15 is 0 Å². The molecule has 6 nitrogen and oxygen atoms in total. The molecule has 0 saturated carbocycles. The summed E-state index contributed by atoms with van der Waals surface area (Å²) in [4.78, 5) is 27.2. The topological polar surface area (TPSA) is 76.0 Å². The van der Waals surface area contributed by atoms with Crippen LogP contribution in [0.3, 0.4) is 0 Å². The summed E-state index contributed by atoms with van der Waals surface area (Å²) in [6, 6.07) is 4.86. The normalized spacial score (nSPS) is 13.1. The van der Waals surface area contributed by atoms with Gasteiger partial charge in [0.25, 0.3) is 11.8 Å². The highest BCUT2D eigenvalue weighted by molar-refractivity contribution is 7.17. The van der Waals surface area contributed by atoms with Crippen LogP contribution >= 0.6 is 46.1 Å². The van der Waals surface area contributed by atoms with Crippen LogP contribution in [0, 0.1) is 0 Å². The summed E-state index contributed by atoms with van der Waals surface area (Å²) in [7, 11) is 1.64. The van der Waals surface area contributed by atoms with Crippen molar-refractivity contribution in [3.63, 3.8) is 0 Å². The van der Waals surface area contributed by atoms with Gasteiger partial charge in [-0.3, -0.25) is 14.3 Å². The highest BCUT2D eigenvalue weighted by atomic mass is 35.5. The third-order valence-electron chi connectivity index (χ3n) is 4.91. The highest BCUT2D eigenvalue weighted by Gasteiger charge is 2.28. The second-order valence-electron chi connectivity index (χ2n) is 6.91. The fraction of sp³-hybridized carbons (Fsp3) is 0.250. The minimum absolute atomic E-state index is 0.232. The van der Waals surface area contributed by atoms with Crippen molar-refractivity contribution in [3.05, 3.63) is 61.2 Å². The van der Waals surface area contributed by atoms with Crippen LogP contribution in [0.5, 0.6) is 0 Å². The zero-order chi connectivity index (χ0) is 21.4. The van der Waals surface area contributed by atoms with Gasteiger partial charge in [0, 0.05) is 16.9 Å². The van der Waals surface area contributed by atoms with Gasteiger partial charge in [-0.05, 0) is 49.4 Å². The van der Waals surface area contributed by atoms with Crippen molar-refractivity contribution in [1.29, 1.82) is 0 Å². The Morgan fingerprint density at radius 3 is 2.53 bits per heavy atom. The number of fused-ring (bicyclic) bond motifs is 1. The average molecular weight is 484 g/mol. The SMILES string of the molecule is Cn1ncc(Cl)c1C(=O)Nc1sc2c(c1C(=O)Nc1ccc(Cl)cc1Cl)CCCC2. The third kappa shape index (κ3) is 4.07. The Balaban J connectivity index is 1.69. The van der Waals surface area contributed by atoms with Crippen LogP contribution in [-0.4, -0.2) is 21.6 Å². The number of thiophene rings is 1. The molecule has 2 heterocycles. The fourth-order valence-electron chi connectivity index (χ4n) is 3.50. The number of aromatic nitrogens is 2. The van der Waals surface area contributed by atoms with Gasteiger partial charge in [-0.25, -0.2) is 0 Å². The summed E-state index contributed by atoms with van der Waals surface area (Å²) in [5.41, 5.74) is 2.12. The molecule has 1 aromatic carbocycles. The quantitative estimate of drug-likeness (QED) is 0.490. The van der Waals surface area contributed by atoms with E-state index < -0.39 is 5.91 Å². The maximum absolute atomic E-state index is 13.2. The molecule has 0 atom stereocenters. The average Bonchev–Trinajstić information content (AvgIpc) is 3.23. The van der Waals surface area contributed by atoms with Crippen LogP contribution in [-0.2, 0) is 19.9 Å². The number of aryl methyl sites for hydroxylation is 2. The van der Waals surface area contributed by atoms with Crippen molar-refractivity contribution in [1.82, 2.24) is 9.78 Å². The van der Waals surface area contributed by atoms with E-state index in [2.05, 4.69) is 15.7 Å². The van der Waals surface area contributed by atoms with E-state index in [1.165, 1.54) is 22.2 Å². The first kappa shape index (κ1) is 21.2. The van der Waals surface area contributed by atoms with E-state index in [4.69, 9.17) is 34.8 Å². The molecule has 0 fully saturated rings. The maximum Gasteiger partial charge on any atom is 0.276 e. The Morgan fingerprint density at radius 2 is 1.83 bits per heavy atom. The molecular weight excluding hydrogens is 467 g/mol. The molecule has 1 aliphatic carbocycles. The van der Waals surface area contributed by atoms with Gasteiger partial charge >= 0.3 is 0 Å². The zero-order valence-electron chi connectivity index (χ0n) is 15.9. The number of hydrogen-bond acceptors (Lipinski definition) is 4. The lowest BCUT2D eigenvalue weighted by Crippen LogP contribution is -2.20. The summed E-state index contributed by atoms with van der Waals surface area (Å²) in [5, 5.41) is 11.3. The van der Waals surface area contributed by atoms with Crippen molar-refractivity contribution in [2.45, 2.75) is 25.7 Å². The molecule has 2 amide bonds. The summed E-state index contributed by atoms with van der Waals surface area (Å²) in [6.07, 6.45) is 5.12. The number of nitrogens with zero attached hydrogens (tertiary/aromatic N) is 2. The number of benzene rings is 1. The van der Waals surface area contributed by atoms with Crippen molar-refractivity contribution in [2.24, 2.45) is 7.05 Å². The van der Waals surface area contributed by atoms with Gasteiger partial charge in [0.05, 0.1) is 27.5 Å². The van der Waals surface area contributed by atoms with Crippen LogP contribution in [0.4, 0.5) is 10.7 Å². The molecule has 0 aliphatic heterocycles. The third-order valence-corrected chi connectivity index (χ3v) is 6.95. The van der Waals surface area contributed by atoms with Gasteiger partial charge < -0.3 is 10.6 Å². The molecule has 0 spiro atoms. The molecule has 0 saturated heterocycles. The molecular formula is C20H17Cl3N4O2S. The number of carbonyl (C=O) groups is 2. The monoisotopic (exact) mass is 482 g/mol. The van der Waals surface area contributed by atoms with E-state index in [-0.39, 0.29) is 16.6 Å². The summed E-state index contributed by atoms with van der Waals surface area (Å²) in [5.74, 6) is -0.748. The Labute approximate surface area is 192 Å². The number of hydrogen-bond donors (Lipinski definition) is 2. The second kappa shape index (κ2) is 8.59. The van der Waals surface area contributed by atoms with Gasteiger partial charge in [-0.1, -0.05) is 34.8 Å². The summed E-state index contributed by atoms with van der Waals surface area (Å²) >= 11 is 19.7. The molecule has 30 heavy (non-hydrogen) atoms. The van der Waals surface area contributed by atoms with Crippen molar-refractivity contribution >= 4 is 68.6 Å². The molecule has 1 aliphatic rings. The smallest absolute Gasteiger partial charge is 0.276 e. The Hall–Kier alpha value is -2.06. The van der Waals surface area contributed by atoms with Gasteiger partial charge in [0.15, 0.2) is 0 Å². The molecule has 10 heteroatoms. The van der Waals surface area contributed by atoms with Gasteiger partial charge in [0.2, 0.25) is 0 Å². The fourth-order valence-corrected chi connectivity index (χ4v) is 5.49. The van der Waals surface area contributed by atoms with Crippen LogP contribution in [0.15, 0.2) is 24.4 Å². The molecule has 3 aromatic rings. The second-order valence-corrected chi connectivity index (χ2v) is 9.27. The number of rotatable bonds is 4. The number of amides is 2. The largest absolute Gasteiger partial charge is 0.321 e. The molecule has 0 unspecified atom stereocenters. The lowest BCUT2D eigenvalue weighted by molar-refractivity contribution is 0.101. The van der Waals surface area contributed by atoms with Crippen molar-refractivity contribution in [3.8, 4) is 0 Å². The maximum atomic E-state index is 13.2. The summed E-state index contributed by atoms with van der Waals surface area (Å²) in [6.45, 7) is 0. The van der Waals surface area contributed by atoms with E-state index in [0.29, 0.717) is 26.3 Å². The minimum atomic E-state index is -0.419. The minimum Gasteiger partial charge on any atom is -0.321 e. The van der Waals surface area contributed by atoms with E-state index in [9.17, 15) is 9.59 Å². The first-order chi connectivity index (χ1) is 14.3. The van der Waals surface area contributed by atoms with Crippen LogP contribution in [0.25, 0.3) is 0 Å². The number of nitrogens with one attached hydrogen (secondary N) is 2. The Bertz CT molecular complexity index is 1140. The molecule has 2 aromatic heterocycles. The molecule has 156 valence electrons. The van der Waals surface area contributed by atoms with E-state index in [0.717, 1.165) is 36.1 Å². The van der Waals surface area contributed by atoms with Gasteiger partial charge in [0.1, 0.15) is 10.7 Å². The summed E-state index contributed by atoms with van der Waals surface area (Å²) < 4.78 is 1.40. The molecule has 4 rings (SSSR count). The van der Waals surface area contributed by atoms with Gasteiger partial charge in [-0.15, -0.1) is 11.3 Å². The predicted molar refractivity (Wildman–Crippen MR) is 122 cm³/mol. The van der Waals surface area contributed by atoms with E-state index in [1.807, 2.05) is 0 Å². The standard InChI is InChI=1S/C20H17Cl3N4O2S/c1-27-17(13(23)9-24-27)19(29)26-20-16(11-4-2-3-5-15(11)30-20)18(28)25-14-7-6-10(21)8-12(14)22/h6-9H,2-5H2,1H3,(H,25,28)(H,26,29). The first-order valence-corrected chi connectivity index (χ1v) is 11.2. The Morgan fingerprint density at radius 1 is 1.07 bits per heavy atom. The van der Waals surface area contributed by atoms with Crippen LogP contribution in [0.1, 0.15) is 44.1 Å². The lowest BCUT2D eigenvalue weighted by Gasteiger charge is -2.14. The first-order valence-electron chi connectivity index (χ1n) is 9.25. The van der Waals surface area contributed by atoms with Crippen LogP contribution < -0.4 is 10.6 Å². The van der Waals surface area contributed by atoms with Crippen LogP contribution in [0.2, 0.25) is 15.1 Å². The lowest BCUT2D eigenvalue weighted by atomic mass is 9.95. The number of halogens is 3. The molecule has 0 radical (unpaired) electrons. The number of anilines is 2. The zero-order valence-corrected chi connectivity index (χ0v) is 19.0.